The summed E-state index contributed by atoms with van der Waals surface area (Å²) in [5, 5.41) is 0.175. The number of halogens is 1. The second-order valence-electron chi connectivity index (χ2n) is 6.10. The molecule has 0 fully saturated rings. The van der Waals surface area contributed by atoms with Gasteiger partial charge in [-0.05, 0) is 37.1 Å². The molecule has 0 unspecified atom stereocenters. The van der Waals surface area contributed by atoms with Crippen LogP contribution in [0, 0.1) is 0 Å². The molecule has 0 bridgehead atoms. The maximum Gasteiger partial charge on any atom is 0.258 e. The lowest BCUT2D eigenvalue weighted by Gasteiger charge is -2.23. The first kappa shape index (κ1) is 18.1. The Morgan fingerprint density at radius 2 is 2.04 bits per heavy atom. The van der Waals surface area contributed by atoms with Crippen molar-refractivity contribution in [1.82, 2.24) is 0 Å². The van der Waals surface area contributed by atoms with Gasteiger partial charge in [0.2, 0.25) is 0 Å². The molecular formula is C19H19ClN2O4. The molecule has 1 aliphatic heterocycles. The van der Waals surface area contributed by atoms with Gasteiger partial charge in [0.25, 0.3) is 11.8 Å². The summed E-state index contributed by atoms with van der Waals surface area (Å²) >= 11 is 6.26. The number of hydrogen-bond donors (Lipinski definition) is 1. The summed E-state index contributed by atoms with van der Waals surface area (Å²) in [6.07, 6.45) is 0.798. The second kappa shape index (κ2) is 7.25. The van der Waals surface area contributed by atoms with E-state index in [4.69, 9.17) is 26.8 Å². The number of nitrogens with two attached hydrogens (primary N) is 1. The third-order valence-electron chi connectivity index (χ3n) is 4.26. The molecule has 0 saturated heterocycles. The lowest BCUT2D eigenvalue weighted by molar-refractivity contribution is -0.119. The summed E-state index contributed by atoms with van der Waals surface area (Å²) in [5.41, 5.74) is 7.50. The van der Waals surface area contributed by atoms with Crippen LogP contribution in [0.1, 0.15) is 22.8 Å². The molecule has 26 heavy (non-hydrogen) atoms. The molecule has 6 nitrogen and oxygen atoms in total. The number of hydrogen-bond acceptors (Lipinski definition) is 4. The molecule has 2 N–H and O–H groups in total. The lowest BCUT2D eigenvalue weighted by Crippen LogP contribution is -2.35. The van der Waals surface area contributed by atoms with Crippen LogP contribution >= 0.6 is 11.6 Å². The van der Waals surface area contributed by atoms with Crippen LogP contribution in [-0.2, 0) is 11.2 Å². The quantitative estimate of drug-likeness (QED) is 0.872. The highest BCUT2D eigenvalue weighted by atomic mass is 35.5. The number of primary amides is 1. The van der Waals surface area contributed by atoms with Gasteiger partial charge in [-0.3, -0.25) is 9.59 Å². The first-order chi connectivity index (χ1) is 12.4. The number of anilines is 1. The van der Waals surface area contributed by atoms with Crippen LogP contribution in [0.5, 0.6) is 11.5 Å². The minimum absolute atomic E-state index is 0.0375. The van der Waals surface area contributed by atoms with Gasteiger partial charge < -0.3 is 20.1 Å². The number of amides is 2. The monoisotopic (exact) mass is 374 g/mol. The van der Waals surface area contributed by atoms with E-state index in [2.05, 4.69) is 0 Å². The van der Waals surface area contributed by atoms with Crippen molar-refractivity contribution >= 4 is 29.1 Å². The van der Waals surface area contributed by atoms with Crippen molar-refractivity contribution in [2.24, 2.45) is 5.73 Å². The smallest absolute Gasteiger partial charge is 0.258 e. The van der Waals surface area contributed by atoms with Crippen molar-refractivity contribution in [2.75, 3.05) is 18.6 Å². The van der Waals surface area contributed by atoms with Gasteiger partial charge in [-0.2, -0.15) is 0 Å². The summed E-state index contributed by atoms with van der Waals surface area (Å²) in [5.74, 6) is -0.364. The van der Waals surface area contributed by atoms with E-state index in [-0.39, 0.29) is 35.1 Å². The fraction of sp³-hybridized carbons (Fsp3) is 0.263. The Bertz CT molecular complexity index is 869. The van der Waals surface area contributed by atoms with Crippen LogP contribution in [0.15, 0.2) is 36.4 Å². The third-order valence-corrected chi connectivity index (χ3v) is 4.54. The van der Waals surface area contributed by atoms with Crippen LogP contribution in [0.3, 0.4) is 0 Å². The van der Waals surface area contributed by atoms with E-state index in [1.165, 1.54) is 13.2 Å². The molecule has 0 saturated carbocycles. The average molecular weight is 375 g/mol. The first-order valence-electron chi connectivity index (χ1n) is 8.12. The molecular weight excluding hydrogens is 356 g/mol. The Kier molecular flexibility index (Phi) is 5.04. The highest BCUT2D eigenvalue weighted by Crippen LogP contribution is 2.38. The number of benzene rings is 2. The molecule has 2 aromatic carbocycles. The maximum absolute atomic E-state index is 13.1. The fourth-order valence-electron chi connectivity index (χ4n) is 3.14. The van der Waals surface area contributed by atoms with Crippen molar-refractivity contribution in [3.63, 3.8) is 0 Å². The average Bonchev–Trinajstić information content (AvgIpc) is 2.94. The van der Waals surface area contributed by atoms with Crippen LogP contribution in [-0.4, -0.2) is 31.6 Å². The molecule has 1 aliphatic rings. The van der Waals surface area contributed by atoms with Gasteiger partial charge in [0.15, 0.2) is 18.1 Å². The fourth-order valence-corrected chi connectivity index (χ4v) is 3.41. The Labute approximate surface area is 156 Å². The number of rotatable bonds is 5. The molecule has 0 aromatic heterocycles. The molecule has 3 rings (SSSR count). The normalized spacial score (nSPS) is 15.5. The zero-order chi connectivity index (χ0) is 18.8. The summed E-state index contributed by atoms with van der Waals surface area (Å²) in [6.45, 7) is 1.67. The molecule has 0 spiro atoms. The number of ether oxygens (including phenoxy) is 2. The van der Waals surface area contributed by atoms with Crippen molar-refractivity contribution in [3.8, 4) is 11.5 Å². The largest absolute Gasteiger partial charge is 0.493 e. The van der Waals surface area contributed by atoms with Gasteiger partial charge in [0, 0.05) is 17.3 Å². The van der Waals surface area contributed by atoms with Crippen molar-refractivity contribution in [1.29, 1.82) is 0 Å². The molecule has 136 valence electrons. The van der Waals surface area contributed by atoms with Gasteiger partial charge in [-0.25, -0.2) is 0 Å². The minimum atomic E-state index is -0.634. The minimum Gasteiger partial charge on any atom is -0.493 e. The topological polar surface area (TPSA) is 81.9 Å². The van der Waals surface area contributed by atoms with Crippen LogP contribution in [0.4, 0.5) is 5.69 Å². The number of nitrogens with zero attached hydrogens (tertiary/aromatic N) is 1. The van der Waals surface area contributed by atoms with Crippen LogP contribution < -0.4 is 20.1 Å². The van der Waals surface area contributed by atoms with E-state index in [9.17, 15) is 9.59 Å². The van der Waals surface area contributed by atoms with Crippen LogP contribution in [0.2, 0.25) is 5.02 Å². The molecule has 2 amide bonds. The predicted molar refractivity (Wildman–Crippen MR) is 99.1 cm³/mol. The molecule has 1 heterocycles. The number of para-hydroxylation sites is 1. The lowest BCUT2D eigenvalue weighted by atomic mass is 10.1. The summed E-state index contributed by atoms with van der Waals surface area (Å²) in [7, 11) is 1.44. The Balaban J connectivity index is 1.95. The number of carbonyl (C=O) groups excluding carboxylic acids is 2. The maximum atomic E-state index is 13.1. The number of carbonyl (C=O) groups is 2. The second-order valence-corrected chi connectivity index (χ2v) is 6.51. The van der Waals surface area contributed by atoms with Crippen LogP contribution in [0.25, 0.3) is 0 Å². The third kappa shape index (κ3) is 3.32. The summed E-state index contributed by atoms with van der Waals surface area (Å²) in [4.78, 5) is 25.8. The Morgan fingerprint density at radius 3 is 2.73 bits per heavy atom. The molecule has 0 radical (unpaired) electrons. The SMILES string of the molecule is COc1cc(C(=O)N2c3ccccc3C[C@@H]2C)cc(Cl)c1OCC(N)=O. The van der Waals surface area contributed by atoms with Gasteiger partial charge in [0.05, 0.1) is 12.1 Å². The number of fused-ring (bicyclic) bond motifs is 1. The van der Waals surface area contributed by atoms with Gasteiger partial charge in [0.1, 0.15) is 0 Å². The zero-order valence-electron chi connectivity index (χ0n) is 14.5. The Morgan fingerprint density at radius 1 is 1.31 bits per heavy atom. The predicted octanol–water partition coefficient (Wildman–Crippen LogP) is 2.80. The molecule has 0 aliphatic carbocycles. The zero-order valence-corrected chi connectivity index (χ0v) is 15.2. The first-order valence-corrected chi connectivity index (χ1v) is 8.50. The van der Waals surface area contributed by atoms with E-state index in [0.29, 0.717) is 5.56 Å². The van der Waals surface area contributed by atoms with Gasteiger partial charge in [-0.1, -0.05) is 29.8 Å². The molecule has 7 heteroatoms. The summed E-state index contributed by atoms with van der Waals surface area (Å²) in [6, 6.07) is 10.9. The standard InChI is InChI=1S/C19H19ClN2O4/c1-11-7-12-5-3-4-6-15(12)22(11)19(24)13-8-14(20)18(16(9-13)25-2)26-10-17(21)23/h3-6,8-9,11H,7,10H2,1-2H3,(H2,21,23)/t11-/m0/s1. The highest BCUT2D eigenvalue weighted by molar-refractivity contribution is 6.33. The molecule has 2 aromatic rings. The van der Waals surface area contributed by atoms with Gasteiger partial charge in [-0.15, -0.1) is 0 Å². The van der Waals surface area contributed by atoms with Crippen molar-refractivity contribution < 1.29 is 19.1 Å². The van der Waals surface area contributed by atoms with Gasteiger partial charge >= 0.3 is 0 Å². The van der Waals surface area contributed by atoms with E-state index in [0.717, 1.165) is 17.7 Å². The van der Waals surface area contributed by atoms with E-state index in [1.807, 2.05) is 31.2 Å². The van der Waals surface area contributed by atoms with Crippen molar-refractivity contribution in [2.45, 2.75) is 19.4 Å². The van der Waals surface area contributed by atoms with E-state index < -0.39 is 5.91 Å². The summed E-state index contributed by atoms with van der Waals surface area (Å²) < 4.78 is 10.6. The van der Waals surface area contributed by atoms with Crippen molar-refractivity contribution in [3.05, 3.63) is 52.5 Å². The molecule has 1 atom stereocenters. The number of methoxy groups -OCH3 is 1. The van der Waals surface area contributed by atoms with E-state index in [1.54, 1.807) is 11.0 Å². The highest BCUT2D eigenvalue weighted by Gasteiger charge is 2.32. The van der Waals surface area contributed by atoms with E-state index >= 15 is 0 Å². The Hall–Kier alpha value is -2.73.